The summed E-state index contributed by atoms with van der Waals surface area (Å²) in [5.41, 5.74) is 1.35. The molecule has 2 heterocycles. The summed E-state index contributed by atoms with van der Waals surface area (Å²) in [6, 6.07) is 6.58. The van der Waals surface area contributed by atoms with Gasteiger partial charge in [-0.15, -0.1) is 0 Å². The first-order valence-electron chi connectivity index (χ1n) is 9.79. The van der Waals surface area contributed by atoms with E-state index in [9.17, 15) is 23.2 Å². The van der Waals surface area contributed by atoms with Gasteiger partial charge in [0, 0.05) is 55.2 Å². The van der Waals surface area contributed by atoms with Crippen molar-refractivity contribution in [1.29, 1.82) is 0 Å². The van der Waals surface area contributed by atoms with Crippen LogP contribution in [0.25, 0.3) is 11.1 Å². The molecule has 0 aliphatic carbocycles. The fourth-order valence-corrected chi connectivity index (χ4v) is 3.78. The first-order chi connectivity index (χ1) is 15.3. The number of piperazine rings is 1. The number of rotatable bonds is 3. The molecule has 0 radical (unpaired) electrons. The van der Waals surface area contributed by atoms with Crippen molar-refractivity contribution in [2.45, 2.75) is 13.0 Å². The van der Waals surface area contributed by atoms with E-state index in [-0.39, 0.29) is 31.3 Å². The molecule has 1 aromatic heterocycles. The summed E-state index contributed by atoms with van der Waals surface area (Å²) in [6.07, 6.45) is 0. The molecule has 32 heavy (non-hydrogen) atoms. The van der Waals surface area contributed by atoms with Crippen LogP contribution in [0.1, 0.15) is 6.92 Å². The van der Waals surface area contributed by atoms with Crippen molar-refractivity contribution in [2.24, 2.45) is 0 Å². The minimum atomic E-state index is -0.843. The SMILES string of the molecule is COc1c(F)cc(N2CCN(C(=O)C(=O)Nc3ccc4[nH]c(=O)oc4c3)C[C@H]2C)cc1F. The highest BCUT2D eigenvalue weighted by Gasteiger charge is 2.31. The van der Waals surface area contributed by atoms with Crippen LogP contribution in [0.4, 0.5) is 20.2 Å². The van der Waals surface area contributed by atoms with Crippen molar-refractivity contribution in [2.75, 3.05) is 37.0 Å². The van der Waals surface area contributed by atoms with Crippen molar-refractivity contribution >= 4 is 34.3 Å². The largest absolute Gasteiger partial charge is 0.491 e. The van der Waals surface area contributed by atoms with Crippen molar-refractivity contribution < 1.29 is 27.5 Å². The zero-order chi connectivity index (χ0) is 23.0. The number of hydrogen-bond donors (Lipinski definition) is 2. The van der Waals surface area contributed by atoms with Gasteiger partial charge in [-0.1, -0.05) is 0 Å². The Morgan fingerprint density at radius 2 is 1.91 bits per heavy atom. The molecule has 1 aliphatic heterocycles. The molecule has 3 aromatic rings. The number of methoxy groups -OCH3 is 1. The third-order valence-corrected chi connectivity index (χ3v) is 5.31. The van der Waals surface area contributed by atoms with Crippen LogP contribution in [0.5, 0.6) is 5.75 Å². The second-order valence-corrected chi connectivity index (χ2v) is 7.42. The number of ether oxygens (including phenoxy) is 1. The van der Waals surface area contributed by atoms with Crippen LogP contribution in [-0.2, 0) is 9.59 Å². The van der Waals surface area contributed by atoms with Gasteiger partial charge in [-0.2, -0.15) is 0 Å². The van der Waals surface area contributed by atoms with Gasteiger partial charge in [0.25, 0.3) is 0 Å². The molecular weight excluding hydrogens is 426 g/mol. The van der Waals surface area contributed by atoms with E-state index in [1.54, 1.807) is 17.9 Å². The minimum absolute atomic E-state index is 0.188. The standard InChI is InChI=1S/C21H20F2N4O5/c1-11-10-26(5-6-27(11)13-8-14(22)18(31-2)15(23)9-13)20(29)19(28)24-12-3-4-16-17(7-12)32-21(30)25-16/h3-4,7-9,11H,5-6,10H2,1-2H3,(H,24,28)(H,25,30)/t11-/m1/s1. The van der Waals surface area contributed by atoms with Gasteiger partial charge in [-0.05, 0) is 19.1 Å². The van der Waals surface area contributed by atoms with Crippen LogP contribution in [0.2, 0.25) is 0 Å². The fraction of sp³-hybridized carbons (Fsp3) is 0.286. The van der Waals surface area contributed by atoms with E-state index in [0.29, 0.717) is 16.9 Å². The maximum absolute atomic E-state index is 14.1. The molecule has 2 amide bonds. The number of fused-ring (bicyclic) bond motifs is 1. The summed E-state index contributed by atoms with van der Waals surface area (Å²) in [4.78, 5) is 41.9. The summed E-state index contributed by atoms with van der Waals surface area (Å²) in [6.45, 7) is 2.45. The normalized spacial score (nSPS) is 16.3. The number of aromatic amines is 1. The Labute approximate surface area is 180 Å². The Bertz CT molecular complexity index is 1230. The van der Waals surface area contributed by atoms with Crippen LogP contribution in [0.15, 0.2) is 39.5 Å². The molecule has 2 aromatic carbocycles. The summed E-state index contributed by atoms with van der Waals surface area (Å²) in [5.74, 6) is -4.29. The van der Waals surface area contributed by atoms with Gasteiger partial charge in [-0.25, -0.2) is 13.6 Å². The molecule has 1 atom stereocenters. The molecule has 1 aliphatic rings. The van der Waals surface area contributed by atoms with Crippen molar-refractivity contribution in [3.63, 3.8) is 0 Å². The molecule has 1 fully saturated rings. The predicted molar refractivity (Wildman–Crippen MR) is 112 cm³/mol. The smallest absolute Gasteiger partial charge is 0.417 e. The van der Waals surface area contributed by atoms with Crippen molar-refractivity contribution in [1.82, 2.24) is 9.88 Å². The van der Waals surface area contributed by atoms with E-state index in [4.69, 9.17) is 9.15 Å². The predicted octanol–water partition coefficient (Wildman–Crippen LogP) is 2.08. The lowest BCUT2D eigenvalue weighted by atomic mass is 10.1. The molecule has 0 spiro atoms. The van der Waals surface area contributed by atoms with Crippen molar-refractivity contribution in [3.05, 3.63) is 52.5 Å². The highest BCUT2D eigenvalue weighted by atomic mass is 19.1. The Kier molecular flexibility index (Phi) is 5.56. The Hall–Kier alpha value is -3.89. The quantitative estimate of drug-likeness (QED) is 0.597. The first-order valence-corrected chi connectivity index (χ1v) is 9.79. The number of amides is 2. The zero-order valence-corrected chi connectivity index (χ0v) is 17.3. The third kappa shape index (κ3) is 4.01. The number of hydrogen-bond acceptors (Lipinski definition) is 6. The highest BCUT2D eigenvalue weighted by molar-refractivity contribution is 6.39. The number of benzene rings is 2. The molecule has 1 saturated heterocycles. The number of H-pyrrole nitrogens is 1. The fourth-order valence-electron chi connectivity index (χ4n) is 3.78. The van der Waals surface area contributed by atoms with Gasteiger partial charge in [-0.3, -0.25) is 14.6 Å². The lowest BCUT2D eigenvalue weighted by molar-refractivity contribution is -0.143. The number of oxazole rings is 1. The maximum atomic E-state index is 14.1. The van der Waals surface area contributed by atoms with E-state index in [0.717, 1.165) is 0 Å². The van der Waals surface area contributed by atoms with Gasteiger partial charge in [0.2, 0.25) is 0 Å². The molecule has 0 saturated carbocycles. The van der Waals surface area contributed by atoms with Gasteiger partial charge in [0.05, 0.1) is 12.6 Å². The number of carbonyl (C=O) groups excluding carboxylic acids is 2. The van der Waals surface area contributed by atoms with E-state index in [2.05, 4.69) is 10.3 Å². The second kappa shape index (κ2) is 8.33. The minimum Gasteiger partial charge on any atom is -0.491 e. The van der Waals surface area contributed by atoms with E-state index in [1.165, 1.54) is 36.3 Å². The number of aromatic nitrogens is 1. The summed E-state index contributed by atoms with van der Waals surface area (Å²) < 4.78 is 37.8. The summed E-state index contributed by atoms with van der Waals surface area (Å²) in [7, 11) is 1.19. The van der Waals surface area contributed by atoms with Crippen LogP contribution < -0.4 is 20.7 Å². The lowest BCUT2D eigenvalue weighted by Gasteiger charge is -2.41. The molecule has 9 nitrogen and oxygen atoms in total. The summed E-state index contributed by atoms with van der Waals surface area (Å²) >= 11 is 0. The Balaban J connectivity index is 1.42. The maximum Gasteiger partial charge on any atom is 0.417 e. The second-order valence-electron chi connectivity index (χ2n) is 7.42. The molecular formula is C21H20F2N4O5. The molecule has 0 bridgehead atoms. The van der Waals surface area contributed by atoms with Gasteiger partial charge in [0.1, 0.15) is 0 Å². The van der Waals surface area contributed by atoms with Crippen LogP contribution >= 0.6 is 0 Å². The number of halogens is 2. The number of carbonyl (C=O) groups is 2. The highest BCUT2D eigenvalue weighted by Crippen LogP contribution is 2.29. The first kappa shape index (κ1) is 21.3. The number of nitrogens with one attached hydrogen (secondary N) is 2. The van der Waals surface area contributed by atoms with Gasteiger partial charge >= 0.3 is 17.6 Å². The van der Waals surface area contributed by atoms with Gasteiger partial charge in [0.15, 0.2) is 23.0 Å². The average Bonchev–Trinajstić information content (AvgIpc) is 3.12. The molecule has 4 rings (SSSR count). The third-order valence-electron chi connectivity index (χ3n) is 5.31. The Morgan fingerprint density at radius 1 is 1.19 bits per heavy atom. The molecule has 11 heteroatoms. The Morgan fingerprint density at radius 3 is 2.56 bits per heavy atom. The monoisotopic (exact) mass is 446 g/mol. The molecule has 2 N–H and O–H groups in total. The number of anilines is 2. The van der Waals surface area contributed by atoms with Crippen LogP contribution in [-0.4, -0.2) is 54.5 Å². The van der Waals surface area contributed by atoms with E-state index >= 15 is 0 Å². The van der Waals surface area contributed by atoms with E-state index in [1.807, 2.05) is 0 Å². The van der Waals surface area contributed by atoms with Crippen molar-refractivity contribution in [3.8, 4) is 5.75 Å². The van der Waals surface area contributed by atoms with E-state index < -0.39 is 35.0 Å². The average molecular weight is 446 g/mol. The van der Waals surface area contributed by atoms with Crippen LogP contribution in [0.3, 0.4) is 0 Å². The topological polar surface area (TPSA) is 108 Å². The molecule has 0 unspecified atom stereocenters. The summed E-state index contributed by atoms with van der Waals surface area (Å²) in [5, 5.41) is 2.49. The van der Waals surface area contributed by atoms with Crippen LogP contribution in [0, 0.1) is 11.6 Å². The zero-order valence-electron chi connectivity index (χ0n) is 17.3. The number of nitrogens with zero attached hydrogens (tertiary/aromatic N) is 2. The molecule has 168 valence electrons. The van der Waals surface area contributed by atoms with Gasteiger partial charge < -0.3 is 24.3 Å². The lowest BCUT2D eigenvalue weighted by Crippen LogP contribution is -2.55.